The van der Waals surface area contributed by atoms with Crippen molar-refractivity contribution in [2.75, 3.05) is 26.0 Å². The summed E-state index contributed by atoms with van der Waals surface area (Å²) in [5, 5.41) is 8.63. The van der Waals surface area contributed by atoms with E-state index >= 15 is 0 Å². The highest BCUT2D eigenvalue weighted by Gasteiger charge is 2.22. The Balaban J connectivity index is 3.16. The maximum atomic E-state index is 12.0. The van der Waals surface area contributed by atoms with Crippen LogP contribution >= 0.6 is 0 Å². The average molecular weight is 288 g/mol. The van der Waals surface area contributed by atoms with Crippen molar-refractivity contribution in [1.82, 2.24) is 4.72 Å². The number of hydrogen-bond acceptors (Lipinski definition) is 6. The number of hydrogen-bond donors (Lipinski definition) is 3. The average Bonchev–Trinajstić information content (AvgIpc) is 2.38. The van der Waals surface area contributed by atoms with E-state index < -0.39 is 16.0 Å². The fourth-order valence-electron chi connectivity index (χ4n) is 1.40. The van der Waals surface area contributed by atoms with E-state index in [0.29, 0.717) is 0 Å². The lowest BCUT2D eigenvalue weighted by molar-refractivity contribution is 0.0596. The van der Waals surface area contributed by atoms with Gasteiger partial charge in [0.05, 0.1) is 17.6 Å². The molecule has 0 radical (unpaired) electrons. The molecule has 4 N–H and O–H groups in total. The van der Waals surface area contributed by atoms with Gasteiger partial charge in [0.2, 0.25) is 10.0 Å². The number of benzene rings is 1. The molecule has 0 aromatic heterocycles. The SMILES string of the molecule is COC(=O)c1ccc(N)cc1S(=O)(=O)NCCCO. The Morgan fingerprint density at radius 1 is 1.47 bits per heavy atom. The molecule has 0 saturated heterocycles. The summed E-state index contributed by atoms with van der Waals surface area (Å²) >= 11 is 0. The normalized spacial score (nSPS) is 11.3. The summed E-state index contributed by atoms with van der Waals surface area (Å²) < 4.78 is 30.9. The van der Waals surface area contributed by atoms with Crippen molar-refractivity contribution < 1.29 is 23.1 Å². The molecule has 1 aromatic rings. The number of carbonyl (C=O) groups excluding carboxylic acids is 1. The Morgan fingerprint density at radius 3 is 2.74 bits per heavy atom. The van der Waals surface area contributed by atoms with E-state index in [1.165, 1.54) is 18.2 Å². The van der Waals surface area contributed by atoms with E-state index in [4.69, 9.17) is 10.8 Å². The summed E-state index contributed by atoms with van der Waals surface area (Å²) in [4.78, 5) is 11.3. The number of nitrogens with one attached hydrogen (secondary N) is 1. The summed E-state index contributed by atoms with van der Waals surface area (Å²) in [6.45, 7) is -0.0719. The summed E-state index contributed by atoms with van der Waals surface area (Å²) in [5.41, 5.74) is 5.66. The minimum absolute atomic E-state index is 0.0637. The van der Waals surface area contributed by atoms with Crippen LogP contribution in [0.1, 0.15) is 16.8 Å². The topological polar surface area (TPSA) is 119 Å². The third kappa shape index (κ3) is 3.91. The number of ether oxygens (including phenoxy) is 1. The second kappa shape index (κ2) is 6.50. The van der Waals surface area contributed by atoms with Crippen LogP contribution < -0.4 is 10.5 Å². The number of carbonyl (C=O) groups is 1. The van der Waals surface area contributed by atoms with E-state index in [0.717, 1.165) is 7.11 Å². The van der Waals surface area contributed by atoms with Crippen LogP contribution in [0.3, 0.4) is 0 Å². The monoisotopic (exact) mass is 288 g/mol. The van der Waals surface area contributed by atoms with Crippen molar-refractivity contribution >= 4 is 21.7 Å². The second-order valence-electron chi connectivity index (χ2n) is 3.72. The smallest absolute Gasteiger partial charge is 0.339 e. The zero-order chi connectivity index (χ0) is 14.5. The van der Waals surface area contributed by atoms with Gasteiger partial charge in [-0.2, -0.15) is 0 Å². The van der Waals surface area contributed by atoms with Crippen molar-refractivity contribution in [3.8, 4) is 0 Å². The lowest BCUT2D eigenvalue weighted by Crippen LogP contribution is -2.27. The van der Waals surface area contributed by atoms with Gasteiger partial charge in [0.1, 0.15) is 0 Å². The van der Waals surface area contributed by atoms with Crippen molar-refractivity contribution in [3.05, 3.63) is 23.8 Å². The van der Waals surface area contributed by atoms with Crippen LogP contribution in [-0.2, 0) is 14.8 Å². The van der Waals surface area contributed by atoms with Crippen molar-refractivity contribution in [2.45, 2.75) is 11.3 Å². The van der Waals surface area contributed by atoms with Gasteiger partial charge in [0.25, 0.3) is 0 Å². The minimum atomic E-state index is -3.88. The first-order valence-corrected chi connectivity index (χ1v) is 6.99. The van der Waals surface area contributed by atoms with Gasteiger partial charge < -0.3 is 15.6 Å². The number of sulfonamides is 1. The van der Waals surface area contributed by atoms with E-state index in [1.54, 1.807) is 0 Å². The number of esters is 1. The predicted octanol–water partition coefficient (Wildman–Crippen LogP) is -0.284. The van der Waals surface area contributed by atoms with Crippen molar-refractivity contribution in [3.63, 3.8) is 0 Å². The van der Waals surface area contributed by atoms with E-state index in [1.807, 2.05) is 0 Å². The first kappa shape index (κ1) is 15.4. The van der Waals surface area contributed by atoms with Gasteiger partial charge in [-0.05, 0) is 24.6 Å². The highest BCUT2D eigenvalue weighted by atomic mass is 32.2. The Hall–Kier alpha value is -1.64. The predicted molar refractivity (Wildman–Crippen MR) is 69.1 cm³/mol. The molecule has 1 aromatic carbocycles. The zero-order valence-electron chi connectivity index (χ0n) is 10.4. The van der Waals surface area contributed by atoms with E-state index in [2.05, 4.69) is 9.46 Å². The third-order valence-corrected chi connectivity index (χ3v) is 3.83. The molecule has 0 bridgehead atoms. The number of nitrogens with two attached hydrogens (primary N) is 1. The maximum Gasteiger partial charge on any atom is 0.339 e. The van der Waals surface area contributed by atoms with Gasteiger partial charge in [-0.15, -0.1) is 0 Å². The fourth-order valence-corrected chi connectivity index (χ4v) is 2.70. The molecule has 0 aliphatic carbocycles. The second-order valence-corrected chi connectivity index (χ2v) is 5.46. The number of anilines is 1. The van der Waals surface area contributed by atoms with Gasteiger partial charge in [-0.25, -0.2) is 17.9 Å². The summed E-state index contributed by atoms with van der Waals surface area (Å²) in [7, 11) is -2.72. The van der Waals surface area contributed by atoms with Crippen LogP contribution in [0, 0.1) is 0 Å². The largest absolute Gasteiger partial charge is 0.465 e. The minimum Gasteiger partial charge on any atom is -0.465 e. The first-order chi connectivity index (χ1) is 8.92. The molecule has 0 aliphatic rings. The number of nitrogen functional groups attached to an aromatic ring is 1. The molecule has 1 rings (SSSR count). The fraction of sp³-hybridized carbons (Fsp3) is 0.364. The first-order valence-electron chi connectivity index (χ1n) is 5.50. The van der Waals surface area contributed by atoms with Crippen molar-refractivity contribution in [1.29, 1.82) is 0 Å². The van der Waals surface area contributed by atoms with Crippen LogP contribution in [0.2, 0.25) is 0 Å². The molecule has 19 heavy (non-hydrogen) atoms. The Morgan fingerprint density at radius 2 is 2.16 bits per heavy atom. The summed E-state index contributed by atoms with van der Waals surface area (Å²) in [5.74, 6) is -0.762. The van der Waals surface area contributed by atoms with Crippen LogP contribution in [0.15, 0.2) is 23.1 Å². The zero-order valence-corrected chi connectivity index (χ0v) is 11.2. The molecular weight excluding hydrogens is 272 g/mol. The molecule has 0 saturated carbocycles. The Labute approximate surface area is 111 Å². The highest BCUT2D eigenvalue weighted by Crippen LogP contribution is 2.19. The molecule has 8 heteroatoms. The van der Waals surface area contributed by atoms with Crippen LogP contribution in [0.5, 0.6) is 0 Å². The Kier molecular flexibility index (Phi) is 5.28. The van der Waals surface area contributed by atoms with Gasteiger partial charge in [0, 0.05) is 18.8 Å². The van der Waals surface area contributed by atoms with Gasteiger partial charge in [-0.3, -0.25) is 0 Å². The molecule has 0 spiro atoms. The maximum absolute atomic E-state index is 12.0. The molecule has 0 atom stereocenters. The quantitative estimate of drug-likeness (QED) is 0.376. The molecule has 0 fully saturated rings. The van der Waals surface area contributed by atoms with Gasteiger partial charge in [-0.1, -0.05) is 0 Å². The lowest BCUT2D eigenvalue weighted by Gasteiger charge is -2.10. The van der Waals surface area contributed by atoms with Gasteiger partial charge >= 0.3 is 5.97 Å². The standard InChI is InChI=1S/C11H16N2O5S/c1-18-11(15)9-4-3-8(12)7-10(9)19(16,17)13-5-2-6-14/h3-4,7,13-14H,2,5-6,12H2,1H3. The van der Waals surface area contributed by atoms with Crippen LogP contribution in [0.25, 0.3) is 0 Å². The Bertz CT molecular complexity index is 556. The molecule has 0 heterocycles. The lowest BCUT2D eigenvalue weighted by atomic mass is 10.2. The van der Waals surface area contributed by atoms with E-state index in [-0.39, 0.29) is 35.7 Å². The van der Waals surface area contributed by atoms with Crippen LogP contribution in [0.4, 0.5) is 5.69 Å². The molecule has 0 unspecified atom stereocenters. The molecule has 0 amide bonds. The molecule has 7 nitrogen and oxygen atoms in total. The number of methoxy groups -OCH3 is 1. The van der Waals surface area contributed by atoms with Crippen LogP contribution in [-0.4, -0.2) is 39.8 Å². The third-order valence-electron chi connectivity index (χ3n) is 2.33. The molecular formula is C11H16N2O5S. The van der Waals surface area contributed by atoms with Gasteiger partial charge in [0.15, 0.2) is 0 Å². The van der Waals surface area contributed by atoms with E-state index in [9.17, 15) is 13.2 Å². The number of aliphatic hydroxyl groups is 1. The summed E-state index contributed by atoms with van der Waals surface area (Å²) in [6.07, 6.45) is 0.273. The highest BCUT2D eigenvalue weighted by molar-refractivity contribution is 7.89. The van der Waals surface area contributed by atoms with Crippen molar-refractivity contribution in [2.24, 2.45) is 0 Å². The molecule has 0 aliphatic heterocycles. The summed E-state index contributed by atoms with van der Waals surface area (Å²) in [6, 6.07) is 3.90. The number of rotatable bonds is 6. The molecule has 106 valence electrons. The number of aliphatic hydroxyl groups excluding tert-OH is 1.